The van der Waals surface area contributed by atoms with Gasteiger partial charge in [-0.25, -0.2) is 9.78 Å². The predicted molar refractivity (Wildman–Crippen MR) is 93.9 cm³/mol. The first-order chi connectivity index (χ1) is 12.5. The fourth-order valence-electron chi connectivity index (χ4n) is 5.64. The normalized spacial score (nSPS) is 50.0. The van der Waals surface area contributed by atoms with Crippen molar-refractivity contribution in [2.45, 2.75) is 70.4 Å². The zero-order valence-electron chi connectivity index (χ0n) is 15.7. The Bertz CT molecular complexity index is 666. The van der Waals surface area contributed by atoms with Crippen molar-refractivity contribution in [2.24, 2.45) is 23.7 Å². The molecule has 0 amide bonds. The minimum Gasteiger partial charge on any atom is -0.465 e. The number of fused-ring (bicyclic) bond motifs is 2. The van der Waals surface area contributed by atoms with E-state index in [1.54, 1.807) is 0 Å². The van der Waals surface area contributed by atoms with E-state index < -0.39 is 17.7 Å². The van der Waals surface area contributed by atoms with Crippen LogP contribution in [-0.4, -0.2) is 24.0 Å². The Morgan fingerprint density at radius 2 is 1.81 bits per heavy atom. The van der Waals surface area contributed by atoms with Gasteiger partial charge in [-0.1, -0.05) is 32.0 Å². The third kappa shape index (κ3) is 2.37. The molecule has 5 fully saturated rings. The molecule has 2 bridgehead atoms. The van der Waals surface area contributed by atoms with Crippen molar-refractivity contribution < 1.29 is 24.0 Å². The van der Waals surface area contributed by atoms with Gasteiger partial charge in [-0.05, 0) is 50.2 Å². The number of benzene rings is 1. The molecule has 1 aromatic rings. The van der Waals surface area contributed by atoms with Crippen LogP contribution in [0.15, 0.2) is 30.3 Å². The molecule has 1 saturated carbocycles. The van der Waals surface area contributed by atoms with Gasteiger partial charge < -0.3 is 14.2 Å². The van der Waals surface area contributed by atoms with E-state index in [0.717, 1.165) is 25.0 Å². The SMILES string of the molecule is C[C@@H]1CC[C@H]2[C@@H](C)C(Oc3ccccc3)O[C@@H]3O[C@@]4(C)CC[C@@H]1[C@]32OO4. The quantitative estimate of drug-likeness (QED) is 0.737. The summed E-state index contributed by atoms with van der Waals surface area (Å²) in [6, 6.07) is 9.87. The summed E-state index contributed by atoms with van der Waals surface area (Å²) in [5, 5.41) is 0. The molecule has 8 atom stereocenters. The Hall–Kier alpha value is -1.14. The van der Waals surface area contributed by atoms with E-state index in [4.69, 9.17) is 24.0 Å². The van der Waals surface area contributed by atoms with Crippen molar-refractivity contribution in [3.8, 4) is 5.75 Å². The summed E-state index contributed by atoms with van der Waals surface area (Å²) in [7, 11) is 0. The second-order valence-electron chi connectivity index (χ2n) is 8.70. The maximum Gasteiger partial charge on any atom is 0.205 e. The molecule has 1 spiro atoms. The summed E-state index contributed by atoms with van der Waals surface area (Å²) >= 11 is 0. The van der Waals surface area contributed by atoms with Crippen molar-refractivity contribution in [1.29, 1.82) is 0 Å². The lowest BCUT2D eigenvalue weighted by atomic mass is 9.58. The van der Waals surface area contributed by atoms with Gasteiger partial charge in [-0.3, -0.25) is 0 Å². The first kappa shape index (κ1) is 17.0. The molecule has 5 aliphatic rings. The van der Waals surface area contributed by atoms with Crippen LogP contribution in [0, 0.1) is 23.7 Å². The van der Waals surface area contributed by atoms with Gasteiger partial charge in [0.1, 0.15) is 5.75 Å². The first-order valence-electron chi connectivity index (χ1n) is 9.94. The van der Waals surface area contributed by atoms with Gasteiger partial charge in [0, 0.05) is 18.3 Å². The van der Waals surface area contributed by atoms with Gasteiger partial charge in [0.15, 0.2) is 11.9 Å². The zero-order chi connectivity index (χ0) is 17.9. The Morgan fingerprint density at radius 3 is 2.62 bits per heavy atom. The average Bonchev–Trinajstić information content (AvgIpc) is 2.86. The highest BCUT2D eigenvalue weighted by Crippen LogP contribution is 2.60. The van der Waals surface area contributed by atoms with Gasteiger partial charge in [0.25, 0.3) is 0 Å². The Balaban J connectivity index is 1.50. The molecule has 1 aromatic carbocycles. The minimum absolute atomic E-state index is 0.191. The van der Waals surface area contributed by atoms with E-state index in [1.165, 1.54) is 6.42 Å². The van der Waals surface area contributed by atoms with E-state index in [9.17, 15) is 0 Å². The number of hydrogen-bond donors (Lipinski definition) is 0. The lowest BCUT2D eigenvalue weighted by Crippen LogP contribution is -2.70. The Kier molecular flexibility index (Phi) is 3.87. The highest BCUT2D eigenvalue weighted by atomic mass is 17.3. The number of rotatable bonds is 2. The molecular weight excluding hydrogens is 332 g/mol. The second kappa shape index (κ2) is 5.93. The van der Waals surface area contributed by atoms with Crippen LogP contribution in [0.3, 0.4) is 0 Å². The lowest BCUT2D eigenvalue weighted by molar-refractivity contribution is -0.575. The molecule has 0 aromatic heterocycles. The fraction of sp³-hybridized carbons (Fsp3) is 0.714. The summed E-state index contributed by atoms with van der Waals surface area (Å²) < 4.78 is 19.0. The molecule has 0 radical (unpaired) electrons. The van der Waals surface area contributed by atoms with Crippen LogP contribution in [-0.2, 0) is 19.2 Å². The summed E-state index contributed by atoms with van der Waals surface area (Å²) in [6.45, 7) is 6.48. The van der Waals surface area contributed by atoms with Crippen molar-refractivity contribution in [2.75, 3.05) is 0 Å². The Labute approximate surface area is 154 Å². The molecule has 142 valence electrons. The highest BCUT2D eigenvalue weighted by Gasteiger charge is 2.69. The summed E-state index contributed by atoms with van der Waals surface area (Å²) in [5.74, 6) is 1.52. The molecule has 6 rings (SSSR count). The lowest BCUT2D eigenvalue weighted by Gasteiger charge is -2.60. The number of para-hydroxylation sites is 1. The standard InChI is InChI=1S/C21H28O5/c1-13-9-10-17-14(2)18(22-15-7-5-4-6-8-15)23-19-21(17)16(13)11-12-20(3,24-19)25-26-21/h4-8,13-14,16-19H,9-12H2,1-3H3/t13-,14-,16+,17+,18?,19-,20-,21-/m1/s1. The van der Waals surface area contributed by atoms with Gasteiger partial charge in [0.05, 0.1) is 0 Å². The highest BCUT2D eigenvalue weighted by molar-refractivity contribution is 5.21. The largest absolute Gasteiger partial charge is 0.465 e. The van der Waals surface area contributed by atoms with Crippen molar-refractivity contribution in [1.82, 2.24) is 0 Å². The maximum atomic E-state index is 6.41. The van der Waals surface area contributed by atoms with Gasteiger partial charge >= 0.3 is 0 Å². The van der Waals surface area contributed by atoms with Crippen LogP contribution in [0.5, 0.6) is 5.75 Å². The topological polar surface area (TPSA) is 46.2 Å². The van der Waals surface area contributed by atoms with Crippen LogP contribution < -0.4 is 4.74 Å². The monoisotopic (exact) mass is 360 g/mol. The third-order valence-corrected chi connectivity index (χ3v) is 7.09. The fourth-order valence-corrected chi connectivity index (χ4v) is 5.64. The van der Waals surface area contributed by atoms with Gasteiger partial charge in [-0.2, -0.15) is 0 Å². The van der Waals surface area contributed by atoms with E-state index in [1.807, 2.05) is 37.3 Å². The van der Waals surface area contributed by atoms with Crippen LogP contribution in [0.1, 0.15) is 46.5 Å². The molecule has 4 aliphatic heterocycles. The van der Waals surface area contributed by atoms with Crippen LogP contribution >= 0.6 is 0 Å². The molecule has 1 unspecified atom stereocenters. The minimum atomic E-state index is -0.741. The van der Waals surface area contributed by atoms with Crippen LogP contribution in [0.2, 0.25) is 0 Å². The molecule has 5 heteroatoms. The predicted octanol–water partition coefficient (Wildman–Crippen LogP) is 4.27. The summed E-state index contributed by atoms with van der Waals surface area (Å²) in [6.07, 6.45) is 3.35. The van der Waals surface area contributed by atoms with Gasteiger partial charge in [-0.15, -0.1) is 0 Å². The average molecular weight is 360 g/mol. The molecule has 1 aliphatic carbocycles. The van der Waals surface area contributed by atoms with Gasteiger partial charge in [0.2, 0.25) is 12.1 Å². The maximum absolute atomic E-state index is 6.41. The van der Waals surface area contributed by atoms with E-state index in [-0.39, 0.29) is 12.2 Å². The third-order valence-electron chi connectivity index (χ3n) is 7.09. The van der Waals surface area contributed by atoms with E-state index in [0.29, 0.717) is 17.8 Å². The van der Waals surface area contributed by atoms with Crippen molar-refractivity contribution >= 4 is 0 Å². The first-order valence-corrected chi connectivity index (χ1v) is 9.94. The van der Waals surface area contributed by atoms with E-state index in [2.05, 4.69) is 13.8 Å². The molecular formula is C21H28O5. The zero-order valence-corrected chi connectivity index (χ0v) is 15.7. The summed E-state index contributed by atoms with van der Waals surface area (Å²) in [5.41, 5.74) is -0.524. The molecule has 4 saturated heterocycles. The van der Waals surface area contributed by atoms with Crippen LogP contribution in [0.25, 0.3) is 0 Å². The molecule has 4 heterocycles. The Morgan fingerprint density at radius 1 is 1.00 bits per heavy atom. The van der Waals surface area contributed by atoms with E-state index >= 15 is 0 Å². The van der Waals surface area contributed by atoms with Crippen LogP contribution in [0.4, 0.5) is 0 Å². The number of ether oxygens (including phenoxy) is 3. The number of hydrogen-bond acceptors (Lipinski definition) is 5. The van der Waals surface area contributed by atoms with Crippen molar-refractivity contribution in [3.05, 3.63) is 30.3 Å². The summed E-state index contributed by atoms with van der Waals surface area (Å²) in [4.78, 5) is 12.0. The molecule has 26 heavy (non-hydrogen) atoms. The molecule has 0 N–H and O–H groups in total. The molecule has 5 nitrogen and oxygen atoms in total. The van der Waals surface area contributed by atoms with Crippen molar-refractivity contribution in [3.63, 3.8) is 0 Å². The second-order valence-corrected chi connectivity index (χ2v) is 8.70. The smallest absolute Gasteiger partial charge is 0.205 e.